The summed E-state index contributed by atoms with van der Waals surface area (Å²) in [5.41, 5.74) is 4.36. The van der Waals surface area contributed by atoms with E-state index < -0.39 is 22.0 Å². The van der Waals surface area contributed by atoms with Crippen LogP contribution in [-0.4, -0.2) is 10.2 Å². The Morgan fingerprint density at radius 1 is 0.436 bits per heavy atom. The number of aliphatic hydroxyl groups is 2. The normalized spacial score (nSPS) is 29.3. The highest BCUT2D eigenvalue weighted by atomic mass is 16.3. The molecule has 2 unspecified atom stereocenters. The SMILES string of the molecule is OC1(Cc2ccccc2)c2ccccc2C23c4ccccc4CC12C(O)(Cc1ccccc1)c1ccccc13. The molecule has 5 aromatic carbocycles. The second-order valence-corrected chi connectivity index (χ2v) is 11.6. The summed E-state index contributed by atoms with van der Waals surface area (Å²) in [5, 5.41) is 27.0. The summed E-state index contributed by atoms with van der Waals surface area (Å²) in [4.78, 5) is 0. The van der Waals surface area contributed by atoms with Gasteiger partial charge < -0.3 is 10.2 Å². The van der Waals surface area contributed by atoms with Gasteiger partial charge in [-0.3, -0.25) is 0 Å². The zero-order valence-corrected chi connectivity index (χ0v) is 21.7. The van der Waals surface area contributed by atoms with E-state index in [0.717, 1.165) is 33.4 Å². The summed E-state index contributed by atoms with van der Waals surface area (Å²) >= 11 is 0. The number of benzene rings is 5. The molecule has 0 aliphatic heterocycles. The summed E-state index contributed by atoms with van der Waals surface area (Å²) in [6, 6.07) is 46.0. The zero-order chi connectivity index (χ0) is 26.3. The Balaban J connectivity index is 1.53. The van der Waals surface area contributed by atoms with Crippen LogP contribution in [0.4, 0.5) is 0 Å². The lowest BCUT2D eigenvalue weighted by molar-refractivity contribution is -0.202. The molecule has 0 aromatic heterocycles. The Bertz CT molecular complexity index is 1620. The number of hydrogen-bond donors (Lipinski definition) is 2. The van der Waals surface area contributed by atoms with Gasteiger partial charge in [0, 0.05) is 12.8 Å². The van der Waals surface area contributed by atoms with E-state index in [1.807, 2.05) is 48.5 Å². The third-order valence-corrected chi connectivity index (χ3v) is 10.1. The molecule has 5 aromatic rings. The third-order valence-electron chi connectivity index (χ3n) is 10.1. The summed E-state index contributed by atoms with van der Waals surface area (Å²) < 4.78 is 0. The fourth-order valence-corrected chi connectivity index (χ4v) is 8.91. The molecule has 0 amide bonds. The van der Waals surface area contributed by atoms with Gasteiger partial charge in [0.25, 0.3) is 0 Å². The lowest BCUT2D eigenvalue weighted by Gasteiger charge is -2.53. The van der Waals surface area contributed by atoms with Crippen LogP contribution < -0.4 is 0 Å². The molecule has 8 rings (SSSR count). The number of fused-ring (bicyclic) bond motifs is 3. The van der Waals surface area contributed by atoms with Crippen LogP contribution in [0.2, 0.25) is 0 Å². The maximum Gasteiger partial charge on any atom is 0.104 e. The topological polar surface area (TPSA) is 40.5 Å². The van der Waals surface area contributed by atoms with Crippen molar-refractivity contribution in [2.75, 3.05) is 0 Å². The maximum absolute atomic E-state index is 13.5. The maximum atomic E-state index is 13.5. The van der Waals surface area contributed by atoms with Crippen LogP contribution in [0.5, 0.6) is 0 Å². The van der Waals surface area contributed by atoms with E-state index in [1.165, 1.54) is 11.1 Å². The molecule has 0 saturated heterocycles. The van der Waals surface area contributed by atoms with Crippen molar-refractivity contribution in [3.63, 3.8) is 0 Å². The van der Waals surface area contributed by atoms with Gasteiger partial charge in [0.2, 0.25) is 0 Å². The molecule has 2 nitrogen and oxygen atoms in total. The van der Waals surface area contributed by atoms with E-state index >= 15 is 0 Å². The van der Waals surface area contributed by atoms with Gasteiger partial charge in [0.15, 0.2) is 0 Å². The molecule has 0 spiro atoms. The minimum Gasteiger partial charge on any atom is -0.384 e. The molecule has 3 aliphatic carbocycles. The summed E-state index contributed by atoms with van der Waals surface area (Å²) in [6.45, 7) is 0. The average molecular weight is 507 g/mol. The van der Waals surface area contributed by atoms with E-state index in [9.17, 15) is 10.2 Å². The molecule has 0 bridgehead atoms. The number of rotatable bonds is 4. The minimum absolute atomic E-state index is 0.422. The Morgan fingerprint density at radius 2 is 0.821 bits per heavy atom. The highest BCUT2D eigenvalue weighted by molar-refractivity contribution is 5.75. The predicted octanol–water partition coefficient (Wildman–Crippen LogP) is 6.45. The molecule has 190 valence electrons. The van der Waals surface area contributed by atoms with E-state index in [2.05, 4.69) is 84.9 Å². The van der Waals surface area contributed by atoms with Gasteiger partial charge in [-0.25, -0.2) is 0 Å². The minimum atomic E-state index is -1.33. The van der Waals surface area contributed by atoms with E-state index in [0.29, 0.717) is 19.3 Å². The lowest BCUT2D eigenvalue weighted by Crippen LogP contribution is -2.61. The lowest BCUT2D eigenvalue weighted by atomic mass is 9.52. The average Bonchev–Trinajstić information content (AvgIpc) is 3.48. The number of hydrogen-bond acceptors (Lipinski definition) is 2. The summed E-state index contributed by atoms with van der Waals surface area (Å²) in [5.74, 6) is 0. The van der Waals surface area contributed by atoms with E-state index in [-0.39, 0.29) is 0 Å². The van der Waals surface area contributed by atoms with Crippen LogP contribution in [0, 0.1) is 5.41 Å². The summed E-state index contributed by atoms with van der Waals surface area (Å²) in [6.07, 6.45) is 1.43. The van der Waals surface area contributed by atoms with Crippen LogP contribution in [0.15, 0.2) is 133 Å². The van der Waals surface area contributed by atoms with Gasteiger partial charge in [0.1, 0.15) is 11.2 Å². The van der Waals surface area contributed by atoms with Crippen LogP contribution in [0.25, 0.3) is 0 Å². The molecule has 0 fully saturated rings. The van der Waals surface area contributed by atoms with Gasteiger partial charge in [-0.2, -0.15) is 0 Å². The molecule has 2 N–H and O–H groups in total. The fourth-order valence-electron chi connectivity index (χ4n) is 8.91. The first kappa shape index (κ1) is 23.0. The first-order chi connectivity index (χ1) is 19.1. The molecule has 3 aliphatic rings. The van der Waals surface area contributed by atoms with Gasteiger partial charge in [-0.1, -0.05) is 133 Å². The van der Waals surface area contributed by atoms with Gasteiger partial charge in [-0.15, -0.1) is 0 Å². The summed E-state index contributed by atoms with van der Waals surface area (Å²) in [7, 11) is 0. The van der Waals surface area contributed by atoms with Crippen molar-refractivity contribution in [1.82, 2.24) is 0 Å². The first-order valence-corrected chi connectivity index (χ1v) is 13.9. The van der Waals surface area contributed by atoms with Crippen molar-refractivity contribution < 1.29 is 10.2 Å². The van der Waals surface area contributed by atoms with Crippen molar-refractivity contribution in [1.29, 1.82) is 0 Å². The van der Waals surface area contributed by atoms with Crippen molar-refractivity contribution in [3.8, 4) is 0 Å². The molecule has 0 radical (unpaired) electrons. The molecule has 2 atom stereocenters. The van der Waals surface area contributed by atoms with Crippen LogP contribution >= 0.6 is 0 Å². The molecular formula is C37H30O2. The van der Waals surface area contributed by atoms with E-state index in [4.69, 9.17) is 0 Å². The standard InChI is InChI=1S/C37H30O2/c38-34(23-26-13-3-1-4-14-26)30-19-9-11-21-32(30)37-29-18-8-7-17-28(29)25-36(34,37)35(39,24-27-15-5-2-6-16-27)31-20-10-12-22-33(31)37/h1-22,38-39H,23-25H2. The Kier molecular flexibility index (Phi) is 4.58. The molecule has 2 heteroatoms. The van der Waals surface area contributed by atoms with Crippen LogP contribution in [0.1, 0.15) is 44.5 Å². The van der Waals surface area contributed by atoms with Crippen molar-refractivity contribution in [2.45, 2.75) is 35.9 Å². The zero-order valence-electron chi connectivity index (χ0n) is 21.7. The Labute approximate surface area is 229 Å². The van der Waals surface area contributed by atoms with Crippen molar-refractivity contribution >= 4 is 0 Å². The smallest absolute Gasteiger partial charge is 0.104 e. The molecule has 0 heterocycles. The molecule has 39 heavy (non-hydrogen) atoms. The van der Waals surface area contributed by atoms with E-state index in [1.54, 1.807) is 0 Å². The highest BCUT2D eigenvalue weighted by Gasteiger charge is 2.83. The third kappa shape index (κ3) is 2.55. The predicted molar refractivity (Wildman–Crippen MR) is 153 cm³/mol. The fraction of sp³-hybridized carbons (Fsp3) is 0.189. The monoisotopic (exact) mass is 506 g/mol. The Hall–Kier alpha value is -3.98. The molecular weight excluding hydrogens is 476 g/mol. The largest absolute Gasteiger partial charge is 0.384 e. The van der Waals surface area contributed by atoms with Gasteiger partial charge >= 0.3 is 0 Å². The molecule has 0 saturated carbocycles. The van der Waals surface area contributed by atoms with Crippen LogP contribution in [0.3, 0.4) is 0 Å². The quantitative estimate of drug-likeness (QED) is 0.294. The van der Waals surface area contributed by atoms with Gasteiger partial charge in [0.05, 0.1) is 10.8 Å². The highest BCUT2D eigenvalue weighted by Crippen LogP contribution is 2.81. The second-order valence-electron chi connectivity index (χ2n) is 11.6. The van der Waals surface area contributed by atoms with Gasteiger partial charge in [-0.05, 0) is 50.9 Å². The first-order valence-electron chi connectivity index (χ1n) is 13.9. The Morgan fingerprint density at radius 3 is 1.31 bits per heavy atom. The van der Waals surface area contributed by atoms with Crippen molar-refractivity contribution in [3.05, 3.63) is 178 Å². The van der Waals surface area contributed by atoms with Crippen LogP contribution in [-0.2, 0) is 35.9 Å². The second kappa shape index (κ2) is 7.79. The van der Waals surface area contributed by atoms with Crippen molar-refractivity contribution in [2.24, 2.45) is 5.41 Å².